The molecular formula is C11H24O3. The van der Waals surface area contributed by atoms with Crippen molar-refractivity contribution in [2.75, 3.05) is 6.61 Å². The zero-order chi connectivity index (χ0) is 11.0. The van der Waals surface area contributed by atoms with Crippen molar-refractivity contribution in [1.29, 1.82) is 0 Å². The molecule has 0 aromatic rings. The van der Waals surface area contributed by atoms with Gasteiger partial charge in [0.2, 0.25) is 0 Å². The molecule has 0 aliphatic rings. The minimum Gasteiger partial charge on any atom is -0.391 e. The maximum absolute atomic E-state index is 9.33. The second-order valence-electron chi connectivity index (χ2n) is 3.80. The van der Waals surface area contributed by atoms with E-state index in [0.29, 0.717) is 6.61 Å². The minimum atomic E-state index is -0.370. The van der Waals surface area contributed by atoms with E-state index in [0.717, 1.165) is 19.3 Å². The molecule has 3 nitrogen and oxygen atoms in total. The molecule has 0 aromatic carbocycles. The summed E-state index contributed by atoms with van der Waals surface area (Å²) in [5.41, 5.74) is 0. The standard InChI is InChI=1S/C11H24O3/c1-5-7-11(14-9(3)4)13-8-10(12)6-2/h9-12H,5-8H2,1-4H3. The van der Waals surface area contributed by atoms with Crippen molar-refractivity contribution >= 4 is 0 Å². The van der Waals surface area contributed by atoms with Gasteiger partial charge in [0.1, 0.15) is 0 Å². The van der Waals surface area contributed by atoms with Crippen molar-refractivity contribution in [2.45, 2.75) is 65.5 Å². The van der Waals surface area contributed by atoms with E-state index in [2.05, 4.69) is 6.92 Å². The van der Waals surface area contributed by atoms with Gasteiger partial charge in [-0.05, 0) is 26.7 Å². The molecule has 2 atom stereocenters. The first-order valence-corrected chi connectivity index (χ1v) is 5.55. The molecule has 0 fully saturated rings. The van der Waals surface area contributed by atoms with E-state index in [1.165, 1.54) is 0 Å². The molecule has 0 rings (SSSR count). The van der Waals surface area contributed by atoms with Gasteiger partial charge in [-0.1, -0.05) is 20.3 Å². The summed E-state index contributed by atoms with van der Waals surface area (Å²) in [6.45, 7) is 8.38. The molecule has 0 radical (unpaired) electrons. The predicted octanol–water partition coefficient (Wildman–Crippen LogP) is 2.33. The molecule has 0 aliphatic carbocycles. The van der Waals surface area contributed by atoms with Crippen molar-refractivity contribution in [2.24, 2.45) is 0 Å². The first-order valence-electron chi connectivity index (χ1n) is 5.55. The van der Waals surface area contributed by atoms with Gasteiger partial charge in [0.05, 0.1) is 18.8 Å². The lowest BCUT2D eigenvalue weighted by atomic mass is 10.3. The van der Waals surface area contributed by atoms with Gasteiger partial charge >= 0.3 is 0 Å². The zero-order valence-corrected chi connectivity index (χ0v) is 9.82. The van der Waals surface area contributed by atoms with Gasteiger partial charge in [-0.15, -0.1) is 0 Å². The van der Waals surface area contributed by atoms with Crippen LogP contribution in [0.25, 0.3) is 0 Å². The Balaban J connectivity index is 3.72. The van der Waals surface area contributed by atoms with Crippen LogP contribution in [0.3, 0.4) is 0 Å². The Hall–Kier alpha value is -0.120. The van der Waals surface area contributed by atoms with Crippen LogP contribution in [0, 0.1) is 0 Å². The van der Waals surface area contributed by atoms with E-state index in [-0.39, 0.29) is 18.5 Å². The summed E-state index contributed by atoms with van der Waals surface area (Å²) in [5.74, 6) is 0. The Morgan fingerprint density at radius 1 is 1.21 bits per heavy atom. The van der Waals surface area contributed by atoms with E-state index in [1.54, 1.807) is 0 Å². The van der Waals surface area contributed by atoms with Crippen LogP contribution in [-0.2, 0) is 9.47 Å². The highest BCUT2D eigenvalue weighted by molar-refractivity contribution is 4.52. The van der Waals surface area contributed by atoms with Gasteiger partial charge in [0, 0.05) is 0 Å². The second kappa shape index (κ2) is 8.21. The average Bonchev–Trinajstić information content (AvgIpc) is 2.13. The zero-order valence-electron chi connectivity index (χ0n) is 9.82. The molecule has 2 unspecified atom stereocenters. The number of aliphatic hydroxyl groups is 1. The Kier molecular flexibility index (Phi) is 8.14. The van der Waals surface area contributed by atoms with Gasteiger partial charge in [0.15, 0.2) is 6.29 Å². The number of aliphatic hydroxyl groups excluding tert-OH is 1. The minimum absolute atomic E-state index is 0.166. The van der Waals surface area contributed by atoms with Gasteiger partial charge in [-0.25, -0.2) is 0 Å². The second-order valence-corrected chi connectivity index (χ2v) is 3.80. The van der Waals surface area contributed by atoms with Crippen LogP contribution in [0.5, 0.6) is 0 Å². The predicted molar refractivity (Wildman–Crippen MR) is 57.2 cm³/mol. The maximum Gasteiger partial charge on any atom is 0.158 e. The molecule has 1 N–H and O–H groups in total. The smallest absolute Gasteiger partial charge is 0.158 e. The molecule has 0 bridgehead atoms. The van der Waals surface area contributed by atoms with Crippen LogP contribution in [0.2, 0.25) is 0 Å². The van der Waals surface area contributed by atoms with E-state index in [1.807, 2.05) is 20.8 Å². The van der Waals surface area contributed by atoms with Crippen LogP contribution in [0.1, 0.15) is 47.0 Å². The highest BCUT2D eigenvalue weighted by atomic mass is 16.7. The fourth-order valence-corrected chi connectivity index (χ4v) is 1.07. The summed E-state index contributed by atoms with van der Waals surface area (Å²) in [4.78, 5) is 0. The van der Waals surface area contributed by atoms with E-state index in [4.69, 9.17) is 9.47 Å². The van der Waals surface area contributed by atoms with Gasteiger partial charge < -0.3 is 14.6 Å². The summed E-state index contributed by atoms with van der Waals surface area (Å²) in [7, 11) is 0. The monoisotopic (exact) mass is 204 g/mol. The SMILES string of the molecule is CCCC(OCC(O)CC)OC(C)C. The molecule has 14 heavy (non-hydrogen) atoms. The maximum atomic E-state index is 9.33. The Labute approximate surface area is 87.4 Å². The summed E-state index contributed by atoms with van der Waals surface area (Å²) < 4.78 is 11.0. The van der Waals surface area contributed by atoms with Crippen LogP contribution >= 0.6 is 0 Å². The summed E-state index contributed by atoms with van der Waals surface area (Å²) >= 11 is 0. The van der Waals surface area contributed by atoms with Crippen molar-refractivity contribution in [3.63, 3.8) is 0 Å². The third kappa shape index (κ3) is 7.30. The fraction of sp³-hybridized carbons (Fsp3) is 1.00. The first-order chi connectivity index (χ1) is 6.60. The number of rotatable bonds is 8. The quantitative estimate of drug-likeness (QED) is 0.617. The number of hydrogen-bond acceptors (Lipinski definition) is 3. The third-order valence-corrected chi connectivity index (χ3v) is 1.89. The van der Waals surface area contributed by atoms with E-state index >= 15 is 0 Å². The van der Waals surface area contributed by atoms with Gasteiger partial charge in [-0.3, -0.25) is 0 Å². The Morgan fingerprint density at radius 3 is 2.29 bits per heavy atom. The lowest BCUT2D eigenvalue weighted by Crippen LogP contribution is -2.25. The normalized spacial score (nSPS) is 15.9. The highest BCUT2D eigenvalue weighted by Crippen LogP contribution is 2.08. The van der Waals surface area contributed by atoms with Gasteiger partial charge in [-0.2, -0.15) is 0 Å². The largest absolute Gasteiger partial charge is 0.391 e. The highest BCUT2D eigenvalue weighted by Gasteiger charge is 2.12. The van der Waals surface area contributed by atoms with Crippen molar-refractivity contribution in [3.8, 4) is 0 Å². The van der Waals surface area contributed by atoms with Crippen LogP contribution in [-0.4, -0.2) is 30.2 Å². The summed E-state index contributed by atoms with van der Waals surface area (Å²) in [6, 6.07) is 0. The molecule has 0 saturated heterocycles. The molecule has 0 spiro atoms. The Morgan fingerprint density at radius 2 is 1.86 bits per heavy atom. The summed E-state index contributed by atoms with van der Waals surface area (Å²) in [5, 5.41) is 9.33. The molecule has 0 heterocycles. The van der Waals surface area contributed by atoms with E-state index < -0.39 is 0 Å². The first kappa shape index (κ1) is 13.9. The van der Waals surface area contributed by atoms with Crippen LogP contribution in [0.15, 0.2) is 0 Å². The number of ether oxygens (including phenoxy) is 2. The number of hydrogen-bond donors (Lipinski definition) is 1. The van der Waals surface area contributed by atoms with Crippen molar-refractivity contribution in [1.82, 2.24) is 0 Å². The lowest BCUT2D eigenvalue weighted by molar-refractivity contribution is -0.178. The molecule has 0 saturated carbocycles. The molecule has 0 aromatic heterocycles. The van der Waals surface area contributed by atoms with Gasteiger partial charge in [0.25, 0.3) is 0 Å². The molecule has 0 aliphatic heterocycles. The average molecular weight is 204 g/mol. The van der Waals surface area contributed by atoms with Crippen LogP contribution in [0.4, 0.5) is 0 Å². The molecular weight excluding hydrogens is 180 g/mol. The molecule has 0 amide bonds. The lowest BCUT2D eigenvalue weighted by Gasteiger charge is -2.21. The van der Waals surface area contributed by atoms with Crippen molar-refractivity contribution < 1.29 is 14.6 Å². The molecule has 3 heteroatoms. The fourth-order valence-electron chi connectivity index (χ4n) is 1.07. The third-order valence-electron chi connectivity index (χ3n) is 1.89. The van der Waals surface area contributed by atoms with E-state index in [9.17, 15) is 5.11 Å². The summed E-state index contributed by atoms with van der Waals surface area (Å²) in [6.07, 6.45) is 2.27. The van der Waals surface area contributed by atoms with Crippen LogP contribution < -0.4 is 0 Å². The topological polar surface area (TPSA) is 38.7 Å². The van der Waals surface area contributed by atoms with Crippen molar-refractivity contribution in [3.05, 3.63) is 0 Å². The molecule has 86 valence electrons. The Bertz CT molecular complexity index is 126.